The molecule has 0 aromatic carbocycles. The monoisotopic (exact) mass is 246 g/mol. The number of nitrogens with zero attached hydrogens (tertiary/aromatic N) is 2. The van der Waals surface area contributed by atoms with Crippen LogP contribution in [0.1, 0.15) is 23.0 Å². The number of hydrogen-bond donors (Lipinski definition) is 2. The summed E-state index contributed by atoms with van der Waals surface area (Å²) in [4.78, 5) is 16.0. The van der Waals surface area contributed by atoms with Crippen molar-refractivity contribution in [3.05, 3.63) is 35.8 Å². The van der Waals surface area contributed by atoms with Crippen LogP contribution in [-0.2, 0) is 0 Å². The summed E-state index contributed by atoms with van der Waals surface area (Å²) in [5.74, 6) is 0.0706. The van der Waals surface area contributed by atoms with Gasteiger partial charge in [-0.2, -0.15) is 0 Å². The molecule has 0 spiro atoms. The number of carbonyl (C=O) groups is 1. The lowest BCUT2D eigenvalue weighted by atomic mass is 10.2. The van der Waals surface area contributed by atoms with Crippen LogP contribution in [0.5, 0.6) is 0 Å². The number of aryl methyl sites for hydroxylation is 1. The van der Waals surface area contributed by atoms with Gasteiger partial charge in [0.25, 0.3) is 5.91 Å². The highest BCUT2D eigenvalue weighted by Gasteiger charge is 2.13. The normalized spacial score (nSPS) is 10.1. The summed E-state index contributed by atoms with van der Waals surface area (Å²) in [6.45, 7) is 4.46. The molecule has 0 atom stereocenters. The summed E-state index contributed by atoms with van der Waals surface area (Å²) < 4.78 is 4.94. The van der Waals surface area contributed by atoms with Crippen LogP contribution in [0.3, 0.4) is 0 Å². The SMILES string of the molecule is CCNc1cnccc1C(=O)Nc1cc(C)no1. The van der Waals surface area contributed by atoms with E-state index >= 15 is 0 Å². The molecule has 94 valence electrons. The molecular weight excluding hydrogens is 232 g/mol. The second-order valence-corrected chi connectivity index (χ2v) is 3.74. The number of carbonyl (C=O) groups excluding carboxylic acids is 1. The lowest BCUT2D eigenvalue weighted by Gasteiger charge is -2.08. The van der Waals surface area contributed by atoms with Crippen LogP contribution in [0.15, 0.2) is 29.0 Å². The molecule has 0 aliphatic rings. The highest BCUT2D eigenvalue weighted by atomic mass is 16.5. The molecule has 0 saturated carbocycles. The minimum absolute atomic E-state index is 0.260. The Morgan fingerprint density at radius 3 is 3.00 bits per heavy atom. The van der Waals surface area contributed by atoms with Gasteiger partial charge in [0.15, 0.2) is 0 Å². The van der Waals surface area contributed by atoms with Gasteiger partial charge in [-0.3, -0.25) is 15.1 Å². The Bertz CT molecular complexity index is 551. The average molecular weight is 246 g/mol. The van der Waals surface area contributed by atoms with Crippen molar-refractivity contribution in [2.24, 2.45) is 0 Å². The molecule has 18 heavy (non-hydrogen) atoms. The predicted molar refractivity (Wildman–Crippen MR) is 67.6 cm³/mol. The Morgan fingerprint density at radius 1 is 1.50 bits per heavy atom. The molecule has 1 amide bonds. The van der Waals surface area contributed by atoms with Gasteiger partial charge in [-0.15, -0.1) is 0 Å². The third-order valence-electron chi connectivity index (χ3n) is 2.30. The lowest BCUT2D eigenvalue weighted by molar-refractivity contribution is 0.102. The largest absolute Gasteiger partial charge is 0.383 e. The molecule has 6 heteroatoms. The summed E-state index contributed by atoms with van der Waals surface area (Å²) in [6.07, 6.45) is 3.19. The first-order valence-electron chi connectivity index (χ1n) is 5.63. The van der Waals surface area contributed by atoms with E-state index in [9.17, 15) is 4.79 Å². The maximum Gasteiger partial charge on any atom is 0.260 e. The van der Waals surface area contributed by atoms with Crippen LogP contribution in [0.4, 0.5) is 11.6 Å². The second-order valence-electron chi connectivity index (χ2n) is 3.74. The molecule has 0 saturated heterocycles. The van der Waals surface area contributed by atoms with Gasteiger partial charge in [0.2, 0.25) is 5.88 Å². The molecule has 0 aliphatic heterocycles. The zero-order valence-electron chi connectivity index (χ0n) is 10.2. The third-order valence-corrected chi connectivity index (χ3v) is 2.30. The molecular formula is C12H14N4O2. The first-order valence-corrected chi connectivity index (χ1v) is 5.63. The van der Waals surface area contributed by atoms with Gasteiger partial charge < -0.3 is 9.84 Å². The highest BCUT2D eigenvalue weighted by molar-refractivity contribution is 6.07. The van der Waals surface area contributed by atoms with Crippen molar-refractivity contribution in [3.63, 3.8) is 0 Å². The van der Waals surface area contributed by atoms with E-state index in [1.807, 2.05) is 6.92 Å². The number of nitrogens with one attached hydrogen (secondary N) is 2. The van der Waals surface area contributed by atoms with Crippen LogP contribution in [0, 0.1) is 6.92 Å². The Hall–Kier alpha value is -2.37. The summed E-state index contributed by atoms with van der Waals surface area (Å²) in [5.41, 5.74) is 1.92. The molecule has 2 aromatic rings. The van der Waals surface area contributed by atoms with Crippen molar-refractivity contribution in [3.8, 4) is 0 Å². The van der Waals surface area contributed by atoms with Gasteiger partial charge in [-0.05, 0) is 19.9 Å². The predicted octanol–water partition coefficient (Wildman–Crippen LogP) is 2.06. The number of amides is 1. The Kier molecular flexibility index (Phi) is 3.57. The molecule has 2 heterocycles. The van der Waals surface area contributed by atoms with E-state index in [4.69, 9.17) is 4.52 Å². The first kappa shape index (κ1) is 12.1. The molecule has 2 aromatic heterocycles. The summed E-state index contributed by atoms with van der Waals surface area (Å²) in [6, 6.07) is 3.31. The zero-order chi connectivity index (χ0) is 13.0. The van der Waals surface area contributed by atoms with Crippen molar-refractivity contribution in [2.45, 2.75) is 13.8 Å². The van der Waals surface area contributed by atoms with E-state index in [0.29, 0.717) is 29.4 Å². The van der Waals surface area contributed by atoms with E-state index in [1.165, 1.54) is 0 Å². The molecule has 0 radical (unpaired) electrons. The van der Waals surface area contributed by atoms with Crippen molar-refractivity contribution in [1.29, 1.82) is 0 Å². The van der Waals surface area contributed by atoms with Crippen molar-refractivity contribution < 1.29 is 9.32 Å². The minimum Gasteiger partial charge on any atom is -0.383 e. The molecule has 2 N–H and O–H groups in total. The topological polar surface area (TPSA) is 80.0 Å². The van der Waals surface area contributed by atoms with E-state index in [0.717, 1.165) is 0 Å². The highest BCUT2D eigenvalue weighted by Crippen LogP contribution is 2.16. The fourth-order valence-corrected chi connectivity index (χ4v) is 1.53. The van der Waals surface area contributed by atoms with E-state index in [1.54, 1.807) is 31.5 Å². The number of anilines is 2. The lowest BCUT2D eigenvalue weighted by Crippen LogP contribution is -2.14. The van der Waals surface area contributed by atoms with E-state index in [2.05, 4.69) is 20.8 Å². The van der Waals surface area contributed by atoms with E-state index in [-0.39, 0.29) is 5.91 Å². The molecule has 0 bridgehead atoms. The molecule has 6 nitrogen and oxygen atoms in total. The summed E-state index contributed by atoms with van der Waals surface area (Å²) in [5, 5.41) is 9.42. The van der Waals surface area contributed by atoms with Gasteiger partial charge in [0.1, 0.15) is 0 Å². The van der Waals surface area contributed by atoms with Crippen LogP contribution in [0.2, 0.25) is 0 Å². The van der Waals surface area contributed by atoms with Crippen LogP contribution in [-0.4, -0.2) is 22.6 Å². The smallest absolute Gasteiger partial charge is 0.260 e. The molecule has 2 rings (SSSR count). The Balaban J connectivity index is 2.18. The van der Waals surface area contributed by atoms with Crippen molar-refractivity contribution in [2.75, 3.05) is 17.2 Å². The first-order chi connectivity index (χ1) is 8.70. The van der Waals surface area contributed by atoms with Gasteiger partial charge in [0, 0.05) is 18.8 Å². The Labute approximate surface area is 104 Å². The summed E-state index contributed by atoms with van der Waals surface area (Å²) in [7, 11) is 0. The van der Waals surface area contributed by atoms with Crippen LogP contribution in [0.25, 0.3) is 0 Å². The van der Waals surface area contributed by atoms with Crippen LogP contribution < -0.4 is 10.6 Å². The standard InChI is InChI=1S/C12H14N4O2/c1-3-14-10-7-13-5-4-9(10)12(17)15-11-6-8(2)16-18-11/h4-7,14H,3H2,1-2H3,(H,15,17). The Morgan fingerprint density at radius 2 is 2.33 bits per heavy atom. The van der Waals surface area contributed by atoms with Gasteiger partial charge in [-0.25, -0.2) is 0 Å². The fraction of sp³-hybridized carbons (Fsp3) is 0.250. The van der Waals surface area contributed by atoms with Gasteiger partial charge >= 0.3 is 0 Å². The number of pyridine rings is 1. The number of hydrogen-bond acceptors (Lipinski definition) is 5. The maximum absolute atomic E-state index is 12.1. The molecule has 0 unspecified atom stereocenters. The average Bonchev–Trinajstić information content (AvgIpc) is 2.76. The number of aromatic nitrogens is 2. The van der Waals surface area contributed by atoms with Crippen molar-refractivity contribution >= 4 is 17.5 Å². The zero-order valence-corrected chi connectivity index (χ0v) is 10.2. The van der Waals surface area contributed by atoms with Crippen LogP contribution >= 0.6 is 0 Å². The number of rotatable bonds is 4. The molecule has 0 fully saturated rings. The quantitative estimate of drug-likeness (QED) is 0.863. The fourth-order valence-electron chi connectivity index (χ4n) is 1.53. The minimum atomic E-state index is -0.260. The summed E-state index contributed by atoms with van der Waals surface area (Å²) >= 11 is 0. The van der Waals surface area contributed by atoms with Crippen molar-refractivity contribution in [1.82, 2.24) is 10.1 Å². The van der Waals surface area contributed by atoms with Gasteiger partial charge in [-0.1, -0.05) is 5.16 Å². The third kappa shape index (κ3) is 2.65. The van der Waals surface area contributed by atoms with Gasteiger partial charge in [0.05, 0.1) is 23.1 Å². The van der Waals surface area contributed by atoms with E-state index < -0.39 is 0 Å². The second kappa shape index (κ2) is 5.31. The molecule has 0 aliphatic carbocycles. The maximum atomic E-state index is 12.1.